The highest BCUT2D eigenvalue weighted by Crippen LogP contribution is 2.37. The van der Waals surface area contributed by atoms with Crippen molar-refractivity contribution in [3.63, 3.8) is 0 Å². The van der Waals surface area contributed by atoms with E-state index in [2.05, 4.69) is 11.6 Å². The van der Waals surface area contributed by atoms with Crippen LogP contribution in [-0.4, -0.2) is 19.5 Å². The molecule has 31 heavy (non-hydrogen) atoms. The normalized spacial score (nSPS) is 13.9. The number of nitrogens with zero attached hydrogens (tertiary/aromatic N) is 4. The van der Waals surface area contributed by atoms with Crippen LogP contribution in [0, 0.1) is 0 Å². The van der Waals surface area contributed by atoms with Gasteiger partial charge < -0.3 is 5.73 Å². The van der Waals surface area contributed by atoms with Crippen molar-refractivity contribution in [2.45, 2.75) is 49.6 Å². The van der Waals surface area contributed by atoms with Crippen LogP contribution in [0.15, 0.2) is 46.9 Å². The molecule has 0 bridgehead atoms. The molecule has 4 aromatic rings. The molecule has 0 saturated heterocycles. The van der Waals surface area contributed by atoms with Gasteiger partial charge in [0.2, 0.25) is 0 Å². The quantitative estimate of drug-likeness (QED) is 0.205. The number of aryl methyl sites for hydroxylation is 2. The first kappa shape index (κ1) is 20.2. The van der Waals surface area contributed by atoms with Crippen LogP contribution in [0.4, 0.5) is 5.82 Å². The van der Waals surface area contributed by atoms with Gasteiger partial charge >= 0.3 is 0 Å². The summed E-state index contributed by atoms with van der Waals surface area (Å²) in [6.45, 7) is 4.19. The molecular formula is C23H23N5OS2. The molecule has 3 heterocycles. The van der Waals surface area contributed by atoms with E-state index >= 15 is 0 Å². The number of nitrogens with two attached hydrogens (primary N) is 1. The molecule has 5 rings (SSSR count). The van der Waals surface area contributed by atoms with Crippen LogP contribution in [0.5, 0.6) is 0 Å². The first-order chi connectivity index (χ1) is 15.2. The summed E-state index contributed by atoms with van der Waals surface area (Å²) in [4.78, 5) is 29.5. The summed E-state index contributed by atoms with van der Waals surface area (Å²) >= 11 is 3.21. The second kappa shape index (κ2) is 8.43. The number of allylic oxidation sites excluding steroid dienone is 1. The second-order valence-corrected chi connectivity index (χ2v) is 9.70. The Kier molecular flexibility index (Phi) is 5.50. The maximum Gasteiger partial charge on any atom is 0.262 e. The summed E-state index contributed by atoms with van der Waals surface area (Å²) in [7, 11) is 0. The van der Waals surface area contributed by atoms with Gasteiger partial charge in [-0.25, -0.2) is 15.0 Å². The minimum absolute atomic E-state index is 0.0640. The molecule has 1 aliphatic carbocycles. The fourth-order valence-electron chi connectivity index (χ4n) is 4.15. The first-order valence-corrected chi connectivity index (χ1v) is 12.3. The average Bonchev–Trinajstić information content (AvgIpc) is 2.96. The summed E-state index contributed by atoms with van der Waals surface area (Å²) in [5, 5.41) is 2.28. The molecule has 0 unspecified atom stereocenters. The van der Waals surface area contributed by atoms with Gasteiger partial charge in [0, 0.05) is 11.4 Å². The molecule has 0 atom stereocenters. The molecule has 3 aromatic heterocycles. The number of aromatic nitrogens is 4. The van der Waals surface area contributed by atoms with Gasteiger partial charge in [-0.15, -0.1) is 17.9 Å². The van der Waals surface area contributed by atoms with E-state index in [9.17, 15) is 4.79 Å². The highest BCUT2D eigenvalue weighted by Gasteiger charge is 2.20. The summed E-state index contributed by atoms with van der Waals surface area (Å²) in [5.74, 6) is 1.72. The molecule has 1 aromatic carbocycles. The van der Waals surface area contributed by atoms with Crippen molar-refractivity contribution in [2.24, 2.45) is 0 Å². The Labute approximate surface area is 188 Å². The number of para-hydroxylation sites is 1. The van der Waals surface area contributed by atoms with Crippen molar-refractivity contribution < 1.29 is 0 Å². The Hall–Kier alpha value is -2.71. The summed E-state index contributed by atoms with van der Waals surface area (Å²) in [6, 6.07) is 7.40. The fraction of sp³-hybridized carbons (Fsp3) is 0.304. The molecule has 158 valence electrons. The van der Waals surface area contributed by atoms with E-state index in [0.29, 0.717) is 40.0 Å². The maximum atomic E-state index is 12.9. The predicted octanol–water partition coefficient (Wildman–Crippen LogP) is 4.73. The molecule has 0 radical (unpaired) electrons. The van der Waals surface area contributed by atoms with E-state index in [1.807, 2.05) is 18.2 Å². The van der Waals surface area contributed by atoms with Crippen molar-refractivity contribution in [1.82, 2.24) is 19.5 Å². The van der Waals surface area contributed by atoms with Crippen molar-refractivity contribution in [2.75, 3.05) is 5.73 Å². The highest BCUT2D eigenvalue weighted by molar-refractivity contribution is 7.98. The Bertz CT molecular complexity index is 1360. The number of fused-ring (bicyclic) bond motifs is 4. The van der Waals surface area contributed by atoms with Crippen LogP contribution in [0.1, 0.15) is 35.5 Å². The summed E-state index contributed by atoms with van der Waals surface area (Å²) < 4.78 is 1.65. The Morgan fingerprint density at radius 3 is 2.87 bits per heavy atom. The lowest BCUT2D eigenvalue weighted by atomic mass is 10.1. The topological polar surface area (TPSA) is 86.7 Å². The zero-order valence-corrected chi connectivity index (χ0v) is 18.8. The van der Waals surface area contributed by atoms with E-state index in [0.717, 1.165) is 23.1 Å². The van der Waals surface area contributed by atoms with Crippen molar-refractivity contribution in [3.05, 3.63) is 63.5 Å². The van der Waals surface area contributed by atoms with Gasteiger partial charge in [-0.3, -0.25) is 9.36 Å². The smallest absolute Gasteiger partial charge is 0.262 e. The number of benzene rings is 1. The van der Waals surface area contributed by atoms with Gasteiger partial charge in [-0.05, 0) is 43.4 Å². The average molecular weight is 450 g/mol. The lowest BCUT2D eigenvalue weighted by Crippen LogP contribution is -2.22. The minimum atomic E-state index is -0.0640. The third-order valence-electron chi connectivity index (χ3n) is 5.61. The van der Waals surface area contributed by atoms with Crippen LogP contribution < -0.4 is 11.3 Å². The number of nitrogen functional groups attached to an aromatic ring is 1. The second-order valence-electron chi connectivity index (χ2n) is 7.67. The van der Waals surface area contributed by atoms with Gasteiger partial charge in [-0.2, -0.15) is 0 Å². The predicted molar refractivity (Wildman–Crippen MR) is 129 cm³/mol. The van der Waals surface area contributed by atoms with Crippen molar-refractivity contribution in [1.29, 1.82) is 0 Å². The van der Waals surface area contributed by atoms with E-state index in [-0.39, 0.29) is 5.56 Å². The molecule has 2 N–H and O–H groups in total. The van der Waals surface area contributed by atoms with E-state index in [1.54, 1.807) is 28.0 Å². The number of anilines is 1. The Morgan fingerprint density at radius 2 is 2.00 bits per heavy atom. The third-order valence-corrected chi connectivity index (χ3v) is 7.77. The van der Waals surface area contributed by atoms with Crippen LogP contribution in [-0.2, 0) is 25.1 Å². The van der Waals surface area contributed by atoms with Gasteiger partial charge in [0.1, 0.15) is 16.5 Å². The molecule has 0 aliphatic heterocycles. The third kappa shape index (κ3) is 3.74. The van der Waals surface area contributed by atoms with Gasteiger partial charge in [0.05, 0.1) is 22.0 Å². The lowest BCUT2D eigenvalue weighted by Gasteiger charge is -2.11. The molecule has 8 heteroatoms. The standard InChI is InChI=1S/C23H23N5OS2/c1-2-12-28-22(29)14-8-6-7-10-16(14)25-23(28)30-13-18-26-20(24)19-15-9-4-3-5-11-17(15)31-21(19)27-18/h2,6-8,10H,1,3-5,9,11-13H2,(H2,24,26,27). The van der Waals surface area contributed by atoms with E-state index < -0.39 is 0 Å². The number of hydrogen-bond donors (Lipinski definition) is 1. The van der Waals surface area contributed by atoms with Crippen molar-refractivity contribution in [3.8, 4) is 0 Å². The highest BCUT2D eigenvalue weighted by atomic mass is 32.2. The van der Waals surface area contributed by atoms with Crippen LogP contribution in [0.2, 0.25) is 0 Å². The van der Waals surface area contributed by atoms with Crippen LogP contribution in [0.25, 0.3) is 21.1 Å². The molecule has 0 saturated carbocycles. The largest absolute Gasteiger partial charge is 0.383 e. The number of thioether (sulfide) groups is 1. The zero-order chi connectivity index (χ0) is 21.4. The minimum Gasteiger partial charge on any atom is -0.383 e. The van der Waals surface area contributed by atoms with E-state index in [4.69, 9.17) is 15.7 Å². The van der Waals surface area contributed by atoms with Crippen molar-refractivity contribution >= 4 is 50.0 Å². The molecule has 0 spiro atoms. The SMILES string of the molecule is C=CCn1c(SCc2nc(N)c3c4c(sc3n2)CCCCC4)nc2ccccc2c1=O. The zero-order valence-electron chi connectivity index (χ0n) is 17.1. The first-order valence-electron chi connectivity index (χ1n) is 10.5. The molecular weight excluding hydrogens is 426 g/mol. The number of hydrogen-bond acceptors (Lipinski definition) is 7. The van der Waals surface area contributed by atoms with E-state index in [1.165, 1.54) is 41.5 Å². The molecule has 0 amide bonds. The fourth-order valence-corrected chi connectivity index (χ4v) is 6.30. The number of thiophene rings is 1. The van der Waals surface area contributed by atoms with Gasteiger partial charge in [-0.1, -0.05) is 36.4 Å². The van der Waals surface area contributed by atoms with Crippen LogP contribution >= 0.6 is 23.1 Å². The summed E-state index contributed by atoms with van der Waals surface area (Å²) in [6.07, 6.45) is 7.57. The molecule has 1 aliphatic rings. The van der Waals surface area contributed by atoms with Crippen LogP contribution in [0.3, 0.4) is 0 Å². The lowest BCUT2D eigenvalue weighted by molar-refractivity contribution is 0.671. The monoisotopic (exact) mass is 449 g/mol. The Balaban J connectivity index is 1.50. The maximum absolute atomic E-state index is 12.9. The van der Waals surface area contributed by atoms with Gasteiger partial charge in [0.15, 0.2) is 5.16 Å². The molecule has 0 fully saturated rings. The number of rotatable bonds is 5. The summed E-state index contributed by atoms with van der Waals surface area (Å²) in [5.41, 5.74) is 8.36. The Morgan fingerprint density at radius 1 is 1.16 bits per heavy atom. The molecule has 6 nitrogen and oxygen atoms in total. The van der Waals surface area contributed by atoms with Gasteiger partial charge in [0.25, 0.3) is 5.56 Å².